The third-order valence-electron chi connectivity index (χ3n) is 6.45. The number of aryl methyl sites for hydroxylation is 2. The highest BCUT2D eigenvalue weighted by atomic mass is 32.2. The maximum Gasteiger partial charge on any atom is 0.264 e. The minimum Gasteiger partial charge on any atom is -0.352 e. The molecule has 0 saturated heterocycles. The first-order valence-corrected chi connectivity index (χ1v) is 15.5. The standard InChI is InChI=1S/C30H37N3O4S2/c1-21(2)31-30(35)24(5)32(19-25-10-8-7-9-23(25)4)29(34)20-33(26-13-11-22(3)12-14-26)39(36,37)28-17-15-27(38-6)16-18-28/h7-18,21,24H,19-20H2,1-6H3,(H,31,35)/t24-/m1/s1. The number of hydrogen-bond donors (Lipinski definition) is 1. The van der Waals surface area contributed by atoms with Crippen molar-refractivity contribution in [3.05, 3.63) is 89.5 Å². The lowest BCUT2D eigenvalue weighted by Gasteiger charge is -2.32. The van der Waals surface area contributed by atoms with E-state index in [1.165, 1.54) is 16.7 Å². The van der Waals surface area contributed by atoms with Crippen LogP contribution < -0.4 is 9.62 Å². The van der Waals surface area contributed by atoms with Crippen LogP contribution in [0.25, 0.3) is 0 Å². The van der Waals surface area contributed by atoms with E-state index < -0.39 is 28.5 Å². The fraction of sp³-hybridized carbons (Fsp3) is 0.333. The molecule has 0 aliphatic rings. The summed E-state index contributed by atoms with van der Waals surface area (Å²) < 4.78 is 28.9. The number of rotatable bonds is 11. The first-order chi connectivity index (χ1) is 18.4. The second-order valence-electron chi connectivity index (χ2n) is 9.81. The molecule has 1 atom stereocenters. The van der Waals surface area contributed by atoms with Crippen LogP contribution in [-0.4, -0.2) is 50.0 Å². The van der Waals surface area contributed by atoms with Crippen LogP contribution in [0.1, 0.15) is 37.5 Å². The molecule has 39 heavy (non-hydrogen) atoms. The van der Waals surface area contributed by atoms with Crippen LogP contribution in [0.15, 0.2) is 82.6 Å². The molecule has 0 saturated carbocycles. The topological polar surface area (TPSA) is 86.8 Å². The zero-order valence-corrected chi connectivity index (χ0v) is 25.0. The zero-order chi connectivity index (χ0) is 28.7. The Morgan fingerprint density at radius 1 is 0.897 bits per heavy atom. The van der Waals surface area contributed by atoms with Crippen molar-refractivity contribution in [3.8, 4) is 0 Å². The lowest BCUT2D eigenvalue weighted by molar-refractivity contribution is -0.139. The van der Waals surface area contributed by atoms with Gasteiger partial charge in [0.1, 0.15) is 12.6 Å². The van der Waals surface area contributed by atoms with Crippen molar-refractivity contribution < 1.29 is 18.0 Å². The molecular formula is C30H37N3O4S2. The predicted molar refractivity (Wildman–Crippen MR) is 158 cm³/mol. The highest BCUT2D eigenvalue weighted by molar-refractivity contribution is 7.98. The average Bonchev–Trinajstić information content (AvgIpc) is 2.91. The number of nitrogens with zero attached hydrogens (tertiary/aromatic N) is 2. The molecule has 3 aromatic rings. The summed E-state index contributed by atoms with van der Waals surface area (Å²) in [4.78, 5) is 29.4. The Hall–Kier alpha value is -3.30. The van der Waals surface area contributed by atoms with Gasteiger partial charge in [-0.2, -0.15) is 0 Å². The van der Waals surface area contributed by atoms with Gasteiger partial charge in [-0.3, -0.25) is 13.9 Å². The number of carbonyl (C=O) groups is 2. The fourth-order valence-electron chi connectivity index (χ4n) is 4.07. The third-order valence-corrected chi connectivity index (χ3v) is 8.98. The Kier molecular flexibility index (Phi) is 10.2. The van der Waals surface area contributed by atoms with E-state index in [-0.39, 0.29) is 23.4 Å². The predicted octanol–water partition coefficient (Wildman–Crippen LogP) is 5.16. The van der Waals surface area contributed by atoms with Crippen molar-refractivity contribution in [2.75, 3.05) is 17.1 Å². The average molecular weight is 568 g/mol. The van der Waals surface area contributed by atoms with E-state index in [1.54, 1.807) is 43.3 Å². The molecule has 0 fully saturated rings. The zero-order valence-electron chi connectivity index (χ0n) is 23.3. The van der Waals surface area contributed by atoms with Crippen LogP contribution >= 0.6 is 11.8 Å². The van der Waals surface area contributed by atoms with E-state index in [9.17, 15) is 18.0 Å². The summed E-state index contributed by atoms with van der Waals surface area (Å²) >= 11 is 1.51. The molecule has 0 radical (unpaired) electrons. The van der Waals surface area contributed by atoms with Crippen LogP contribution in [0.5, 0.6) is 0 Å². The summed E-state index contributed by atoms with van der Waals surface area (Å²) in [6.07, 6.45) is 1.92. The number of sulfonamides is 1. The third kappa shape index (κ3) is 7.64. The molecule has 7 nitrogen and oxygen atoms in total. The molecule has 3 rings (SSSR count). The van der Waals surface area contributed by atoms with Gasteiger partial charge in [0.05, 0.1) is 10.6 Å². The molecule has 3 aromatic carbocycles. The van der Waals surface area contributed by atoms with Crippen molar-refractivity contribution in [2.45, 2.75) is 63.0 Å². The van der Waals surface area contributed by atoms with Crippen LogP contribution in [0.2, 0.25) is 0 Å². The summed E-state index contributed by atoms with van der Waals surface area (Å²) in [5.41, 5.74) is 3.20. The SMILES string of the molecule is CSc1ccc(S(=O)(=O)N(CC(=O)N(Cc2ccccc2C)[C@H](C)C(=O)NC(C)C)c2ccc(C)cc2)cc1. The molecule has 0 aliphatic heterocycles. The van der Waals surface area contributed by atoms with Gasteiger partial charge < -0.3 is 10.2 Å². The highest BCUT2D eigenvalue weighted by Gasteiger charge is 2.32. The first kappa shape index (κ1) is 30.2. The van der Waals surface area contributed by atoms with Crippen molar-refractivity contribution in [1.82, 2.24) is 10.2 Å². The number of anilines is 1. The van der Waals surface area contributed by atoms with Gasteiger partial charge in [-0.1, -0.05) is 42.0 Å². The Balaban J connectivity index is 2.04. The number of thioether (sulfide) groups is 1. The molecule has 0 aliphatic carbocycles. The highest BCUT2D eigenvalue weighted by Crippen LogP contribution is 2.26. The van der Waals surface area contributed by atoms with Gasteiger partial charge in [0.2, 0.25) is 11.8 Å². The number of hydrogen-bond acceptors (Lipinski definition) is 5. The lowest BCUT2D eigenvalue weighted by atomic mass is 10.1. The van der Waals surface area contributed by atoms with Crippen LogP contribution in [0, 0.1) is 13.8 Å². The van der Waals surface area contributed by atoms with E-state index >= 15 is 0 Å². The Bertz CT molecular complexity index is 1390. The molecule has 0 aromatic heterocycles. The van der Waals surface area contributed by atoms with Gasteiger partial charge in [0.15, 0.2) is 0 Å². The molecule has 2 amide bonds. The van der Waals surface area contributed by atoms with E-state index in [0.717, 1.165) is 25.9 Å². The maximum absolute atomic E-state index is 14.0. The number of benzene rings is 3. The second-order valence-corrected chi connectivity index (χ2v) is 12.6. The smallest absolute Gasteiger partial charge is 0.264 e. The summed E-state index contributed by atoms with van der Waals surface area (Å²) in [5, 5.41) is 2.87. The summed E-state index contributed by atoms with van der Waals surface area (Å²) in [5.74, 6) is -0.779. The van der Waals surface area contributed by atoms with Crippen molar-refractivity contribution in [3.63, 3.8) is 0 Å². The number of nitrogens with one attached hydrogen (secondary N) is 1. The number of amides is 2. The van der Waals surface area contributed by atoms with Crippen LogP contribution in [0.3, 0.4) is 0 Å². The summed E-state index contributed by atoms with van der Waals surface area (Å²) in [7, 11) is -4.09. The molecule has 0 unspecified atom stereocenters. The quantitative estimate of drug-likeness (QED) is 0.324. The molecule has 0 spiro atoms. The minimum absolute atomic E-state index is 0.0877. The normalized spacial score (nSPS) is 12.2. The van der Waals surface area contributed by atoms with E-state index in [2.05, 4.69) is 5.32 Å². The lowest BCUT2D eigenvalue weighted by Crippen LogP contribution is -2.52. The summed E-state index contributed by atoms with van der Waals surface area (Å²) in [6, 6.07) is 20.3. The van der Waals surface area contributed by atoms with E-state index in [0.29, 0.717) is 5.69 Å². The molecule has 1 N–H and O–H groups in total. The van der Waals surface area contributed by atoms with Gasteiger partial charge in [-0.25, -0.2) is 8.42 Å². The Labute approximate surface area is 236 Å². The Morgan fingerprint density at radius 2 is 1.51 bits per heavy atom. The Morgan fingerprint density at radius 3 is 2.08 bits per heavy atom. The molecule has 0 heterocycles. The van der Waals surface area contributed by atoms with Gasteiger partial charge in [0.25, 0.3) is 10.0 Å². The molecule has 208 valence electrons. The van der Waals surface area contributed by atoms with Crippen LogP contribution in [0.4, 0.5) is 5.69 Å². The molecule has 9 heteroatoms. The van der Waals surface area contributed by atoms with Gasteiger partial charge in [-0.15, -0.1) is 11.8 Å². The van der Waals surface area contributed by atoms with E-state index in [4.69, 9.17) is 0 Å². The first-order valence-electron chi connectivity index (χ1n) is 12.8. The van der Waals surface area contributed by atoms with Gasteiger partial charge in [0, 0.05) is 17.5 Å². The second kappa shape index (κ2) is 13.2. The van der Waals surface area contributed by atoms with Gasteiger partial charge in [-0.05, 0) is 88.4 Å². The summed E-state index contributed by atoms with van der Waals surface area (Å²) in [6.45, 7) is 8.94. The number of carbonyl (C=O) groups excluding carboxylic acids is 2. The monoisotopic (exact) mass is 567 g/mol. The molecule has 0 bridgehead atoms. The van der Waals surface area contributed by atoms with Gasteiger partial charge >= 0.3 is 0 Å². The fourth-order valence-corrected chi connectivity index (χ4v) is 5.90. The van der Waals surface area contributed by atoms with Crippen molar-refractivity contribution in [1.29, 1.82) is 0 Å². The minimum atomic E-state index is -4.09. The largest absolute Gasteiger partial charge is 0.352 e. The maximum atomic E-state index is 14.0. The van der Waals surface area contributed by atoms with Crippen LogP contribution in [-0.2, 0) is 26.2 Å². The molecular weight excluding hydrogens is 530 g/mol. The van der Waals surface area contributed by atoms with E-state index in [1.807, 2.05) is 70.3 Å². The van der Waals surface area contributed by atoms with Crippen molar-refractivity contribution >= 4 is 39.3 Å². The van der Waals surface area contributed by atoms with Crippen molar-refractivity contribution in [2.24, 2.45) is 0 Å².